The lowest BCUT2D eigenvalue weighted by Gasteiger charge is -2.13. The Kier molecular flexibility index (Phi) is 6.34. The van der Waals surface area contributed by atoms with Crippen LogP contribution >= 0.6 is 23.2 Å². The first-order valence-corrected chi connectivity index (χ1v) is 9.09. The van der Waals surface area contributed by atoms with Gasteiger partial charge in [0.2, 0.25) is 0 Å². The molecule has 152 valence electrons. The Morgan fingerprint density at radius 1 is 1.10 bits per heavy atom. The van der Waals surface area contributed by atoms with Gasteiger partial charge in [0.15, 0.2) is 5.69 Å². The molecule has 1 amide bonds. The third-order valence-corrected chi connectivity index (χ3v) is 4.26. The van der Waals surface area contributed by atoms with E-state index in [1.54, 1.807) is 24.3 Å². The SMILES string of the molecule is O=C(NCCOc1cccc(Cl)c1)c1cnn(-c2cccc(Cl)c2)c1C(F)(F)F. The Bertz CT molecular complexity index is 1020. The Hall–Kier alpha value is -2.71. The van der Waals surface area contributed by atoms with Crippen LogP contribution in [0.25, 0.3) is 5.69 Å². The number of ether oxygens (including phenoxy) is 1. The number of halogens is 5. The average Bonchev–Trinajstić information content (AvgIpc) is 3.11. The van der Waals surface area contributed by atoms with Crippen molar-refractivity contribution < 1.29 is 22.7 Å². The van der Waals surface area contributed by atoms with E-state index in [1.807, 2.05) is 0 Å². The Balaban J connectivity index is 1.73. The maximum atomic E-state index is 13.6. The summed E-state index contributed by atoms with van der Waals surface area (Å²) in [4.78, 5) is 12.3. The molecule has 0 atom stereocenters. The lowest BCUT2D eigenvalue weighted by molar-refractivity contribution is -0.143. The lowest BCUT2D eigenvalue weighted by atomic mass is 10.2. The molecule has 2 aromatic carbocycles. The monoisotopic (exact) mass is 443 g/mol. The molecule has 0 fully saturated rings. The van der Waals surface area contributed by atoms with Crippen LogP contribution in [0, 0.1) is 0 Å². The van der Waals surface area contributed by atoms with Gasteiger partial charge in [-0.1, -0.05) is 35.3 Å². The van der Waals surface area contributed by atoms with Gasteiger partial charge in [-0.05, 0) is 36.4 Å². The van der Waals surface area contributed by atoms with Gasteiger partial charge in [0.25, 0.3) is 5.91 Å². The normalized spacial score (nSPS) is 11.3. The summed E-state index contributed by atoms with van der Waals surface area (Å²) < 4.78 is 46.9. The Morgan fingerprint density at radius 3 is 2.45 bits per heavy atom. The molecule has 0 saturated carbocycles. The van der Waals surface area contributed by atoms with Gasteiger partial charge in [-0.2, -0.15) is 18.3 Å². The molecule has 0 unspecified atom stereocenters. The van der Waals surface area contributed by atoms with Crippen molar-refractivity contribution in [1.29, 1.82) is 0 Å². The van der Waals surface area contributed by atoms with Crippen LogP contribution in [-0.4, -0.2) is 28.8 Å². The van der Waals surface area contributed by atoms with Gasteiger partial charge in [-0.15, -0.1) is 0 Å². The maximum Gasteiger partial charge on any atom is 0.434 e. The van der Waals surface area contributed by atoms with Gasteiger partial charge in [-0.25, -0.2) is 4.68 Å². The van der Waals surface area contributed by atoms with Crippen LogP contribution in [0.2, 0.25) is 10.0 Å². The van der Waals surface area contributed by atoms with E-state index in [-0.39, 0.29) is 23.9 Å². The summed E-state index contributed by atoms with van der Waals surface area (Å²) in [5.74, 6) is -0.434. The van der Waals surface area contributed by atoms with Crippen LogP contribution in [-0.2, 0) is 6.18 Å². The average molecular weight is 444 g/mol. The molecule has 0 radical (unpaired) electrons. The van der Waals surface area contributed by atoms with Crippen molar-refractivity contribution in [3.8, 4) is 11.4 Å². The number of hydrogen-bond acceptors (Lipinski definition) is 3. The fourth-order valence-corrected chi connectivity index (χ4v) is 2.94. The number of nitrogens with one attached hydrogen (secondary N) is 1. The highest BCUT2D eigenvalue weighted by atomic mass is 35.5. The molecule has 0 aliphatic rings. The molecule has 29 heavy (non-hydrogen) atoms. The van der Waals surface area contributed by atoms with E-state index in [0.717, 1.165) is 6.20 Å². The van der Waals surface area contributed by atoms with Crippen molar-refractivity contribution in [1.82, 2.24) is 15.1 Å². The smallest absolute Gasteiger partial charge is 0.434 e. The number of nitrogens with zero attached hydrogens (tertiary/aromatic N) is 2. The first-order valence-electron chi connectivity index (χ1n) is 8.33. The van der Waals surface area contributed by atoms with E-state index in [9.17, 15) is 18.0 Å². The van der Waals surface area contributed by atoms with Crippen LogP contribution in [0.3, 0.4) is 0 Å². The standard InChI is InChI=1S/C19H14Cl2F3N3O2/c20-12-3-1-5-14(9-12)27-17(19(22,23)24)16(11-26-27)18(28)25-7-8-29-15-6-2-4-13(21)10-15/h1-6,9-11H,7-8H2,(H,25,28). The molecule has 1 N–H and O–H groups in total. The van der Waals surface area contributed by atoms with Gasteiger partial charge >= 0.3 is 6.18 Å². The number of hydrogen-bond donors (Lipinski definition) is 1. The molecule has 3 rings (SSSR count). The second-order valence-electron chi connectivity index (χ2n) is 5.86. The summed E-state index contributed by atoms with van der Waals surface area (Å²) in [6, 6.07) is 12.4. The number of carbonyl (C=O) groups is 1. The molecule has 0 aliphatic heterocycles. The molecule has 0 bridgehead atoms. The molecule has 0 saturated heterocycles. The first kappa shape index (κ1) is 21.0. The zero-order valence-corrected chi connectivity index (χ0v) is 16.2. The molecule has 1 heterocycles. The van der Waals surface area contributed by atoms with Gasteiger partial charge in [0, 0.05) is 10.0 Å². The molecular formula is C19H14Cl2F3N3O2. The fourth-order valence-electron chi connectivity index (χ4n) is 2.58. The largest absolute Gasteiger partial charge is 0.492 e. The number of benzene rings is 2. The van der Waals surface area contributed by atoms with Gasteiger partial charge in [-0.3, -0.25) is 4.79 Å². The molecule has 0 spiro atoms. The minimum Gasteiger partial charge on any atom is -0.492 e. The van der Waals surface area contributed by atoms with Crippen molar-refractivity contribution >= 4 is 29.1 Å². The second-order valence-corrected chi connectivity index (χ2v) is 6.73. The second kappa shape index (κ2) is 8.75. The van der Waals surface area contributed by atoms with Crippen LogP contribution in [0.4, 0.5) is 13.2 Å². The lowest BCUT2D eigenvalue weighted by Crippen LogP contribution is -2.30. The minimum absolute atomic E-state index is 0.00894. The number of amides is 1. The topological polar surface area (TPSA) is 56.1 Å². The van der Waals surface area contributed by atoms with Crippen LogP contribution < -0.4 is 10.1 Å². The van der Waals surface area contributed by atoms with E-state index >= 15 is 0 Å². The highest BCUT2D eigenvalue weighted by molar-refractivity contribution is 6.31. The van der Waals surface area contributed by atoms with E-state index in [2.05, 4.69) is 10.4 Å². The third-order valence-electron chi connectivity index (χ3n) is 3.79. The predicted octanol–water partition coefficient (Wildman–Crippen LogP) is 5.01. The van der Waals surface area contributed by atoms with Crippen LogP contribution in [0.15, 0.2) is 54.7 Å². The molecular weight excluding hydrogens is 430 g/mol. The Morgan fingerprint density at radius 2 is 1.79 bits per heavy atom. The van der Waals surface area contributed by atoms with Crippen molar-refractivity contribution in [3.05, 3.63) is 76.0 Å². The zero-order chi connectivity index (χ0) is 21.0. The first-order chi connectivity index (χ1) is 13.8. The van der Waals surface area contributed by atoms with E-state index in [0.29, 0.717) is 15.5 Å². The summed E-state index contributed by atoms with van der Waals surface area (Å²) in [7, 11) is 0. The number of carbonyl (C=O) groups excluding carboxylic acids is 1. The molecule has 3 aromatic rings. The highest BCUT2D eigenvalue weighted by Crippen LogP contribution is 2.34. The van der Waals surface area contributed by atoms with Crippen molar-refractivity contribution in [2.24, 2.45) is 0 Å². The van der Waals surface area contributed by atoms with Crippen molar-refractivity contribution in [2.45, 2.75) is 6.18 Å². The van der Waals surface area contributed by atoms with Crippen molar-refractivity contribution in [3.63, 3.8) is 0 Å². The summed E-state index contributed by atoms with van der Waals surface area (Å²) in [5, 5.41) is 6.85. The third kappa shape index (κ3) is 5.21. The number of alkyl halides is 3. The molecule has 0 aliphatic carbocycles. The summed E-state index contributed by atoms with van der Waals surface area (Å²) in [6.45, 7) is 0.0425. The molecule has 5 nitrogen and oxygen atoms in total. The number of aromatic nitrogens is 2. The number of rotatable bonds is 6. The molecule has 1 aromatic heterocycles. The summed E-state index contributed by atoms with van der Waals surface area (Å²) in [6.07, 6.45) is -3.93. The summed E-state index contributed by atoms with van der Waals surface area (Å²) >= 11 is 11.7. The quantitative estimate of drug-likeness (QED) is 0.545. The highest BCUT2D eigenvalue weighted by Gasteiger charge is 2.40. The van der Waals surface area contributed by atoms with E-state index < -0.39 is 23.3 Å². The zero-order valence-electron chi connectivity index (χ0n) is 14.7. The van der Waals surface area contributed by atoms with Gasteiger partial charge < -0.3 is 10.1 Å². The van der Waals surface area contributed by atoms with Crippen molar-refractivity contribution in [2.75, 3.05) is 13.2 Å². The fraction of sp³-hybridized carbons (Fsp3) is 0.158. The van der Waals surface area contributed by atoms with Gasteiger partial charge in [0.1, 0.15) is 12.4 Å². The minimum atomic E-state index is -4.80. The summed E-state index contributed by atoms with van der Waals surface area (Å²) in [5.41, 5.74) is -1.69. The predicted molar refractivity (Wildman–Crippen MR) is 103 cm³/mol. The van der Waals surface area contributed by atoms with Crippen LogP contribution in [0.5, 0.6) is 5.75 Å². The van der Waals surface area contributed by atoms with E-state index in [1.165, 1.54) is 24.3 Å². The van der Waals surface area contributed by atoms with E-state index in [4.69, 9.17) is 27.9 Å². The van der Waals surface area contributed by atoms with Crippen LogP contribution in [0.1, 0.15) is 16.1 Å². The Labute approximate surface area is 174 Å². The molecule has 10 heteroatoms. The van der Waals surface area contributed by atoms with Gasteiger partial charge in [0.05, 0.1) is 24.0 Å². The maximum absolute atomic E-state index is 13.6.